The number of amides is 2. The van der Waals surface area contributed by atoms with E-state index in [0.29, 0.717) is 19.4 Å². The summed E-state index contributed by atoms with van der Waals surface area (Å²) in [6.45, 7) is 2.53. The van der Waals surface area contributed by atoms with Crippen LogP contribution < -0.4 is 10.1 Å². The first kappa shape index (κ1) is 13.6. The molecule has 1 N–H and O–H groups in total. The molecule has 0 saturated carbocycles. The van der Waals surface area contributed by atoms with Crippen LogP contribution in [0.5, 0.6) is 5.75 Å². The molecule has 110 valence electrons. The molecule has 6 heteroatoms. The van der Waals surface area contributed by atoms with Crippen molar-refractivity contribution in [3.63, 3.8) is 0 Å². The third kappa shape index (κ3) is 2.37. The minimum Gasteiger partial charge on any atom is -0.494 e. The highest BCUT2D eigenvalue weighted by Crippen LogP contribution is 2.31. The molecule has 6 nitrogen and oxygen atoms in total. The van der Waals surface area contributed by atoms with Crippen LogP contribution in [0.1, 0.15) is 31.4 Å². The van der Waals surface area contributed by atoms with E-state index in [1.165, 1.54) is 0 Å². The zero-order valence-electron chi connectivity index (χ0n) is 12.0. The summed E-state index contributed by atoms with van der Waals surface area (Å²) in [5.74, 6) is -0.0672. The van der Waals surface area contributed by atoms with E-state index in [0.717, 1.165) is 22.3 Å². The molecular weight excluding hydrogens is 270 g/mol. The van der Waals surface area contributed by atoms with Gasteiger partial charge in [0.2, 0.25) is 11.8 Å². The Kier molecular flexibility index (Phi) is 3.37. The Labute approximate surface area is 122 Å². The highest BCUT2D eigenvalue weighted by Gasteiger charge is 2.31. The predicted molar refractivity (Wildman–Crippen MR) is 77.0 cm³/mol. The lowest BCUT2D eigenvalue weighted by atomic mass is 9.93. The number of hydrogen-bond donors (Lipinski definition) is 1. The molecule has 1 unspecified atom stereocenters. The Morgan fingerprint density at radius 1 is 1.43 bits per heavy atom. The first-order valence-electron chi connectivity index (χ1n) is 7.03. The highest BCUT2D eigenvalue weighted by atomic mass is 16.5. The van der Waals surface area contributed by atoms with Gasteiger partial charge in [-0.1, -0.05) is 0 Å². The fourth-order valence-corrected chi connectivity index (χ4v) is 2.73. The van der Waals surface area contributed by atoms with Gasteiger partial charge in [-0.05, 0) is 25.5 Å². The van der Waals surface area contributed by atoms with Gasteiger partial charge in [0.1, 0.15) is 5.75 Å². The molecule has 0 aliphatic carbocycles. The number of piperidine rings is 1. The molecule has 1 aromatic carbocycles. The molecule has 1 atom stereocenters. The van der Waals surface area contributed by atoms with Crippen LogP contribution in [0, 0.1) is 0 Å². The van der Waals surface area contributed by atoms with Crippen molar-refractivity contribution >= 4 is 22.7 Å². The van der Waals surface area contributed by atoms with Gasteiger partial charge in [-0.15, -0.1) is 0 Å². The molecule has 1 aromatic heterocycles. The van der Waals surface area contributed by atoms with Crippen molar-refractivity contribution in [1.82, 2.24) is 15.1 Å². The second-order valence-corrected chi connectivity index (χ2v) is 5.12. The van der Waals surface area contributed by atoms with Crippen molar-refractivity contribution in [2.24, 2.45) is 7.05 Å². The summed E-state index contributed by atoms with van der Waals surface area (Å²) >= 11 is 0. The van der Waals surface area contributed by atoms with E-state index in [1.807, 2.05) is 32.2 Å². The number of fused-ring (bicyclic) bond motifs is 1. The number of nitrogens with one attached hydrogen (secondary N) is 1. The van der Waals surface area contributed by atoms with Gasteiger partial charge in [0.25, 0.3) is 0 Å². The Hall–Kier alpha value is -2.37. The average Bonchev–Trinajstić information content (AvgIpc) is 2.76. The van der Waals surface area contributed by atoms with Crippen molar-refractivity contribution in [2.75, 3.05) is 6.61 Å². The summed E-state index contributed by atoms with van der Waals surface area (Å²) in [5, 5.41) is 7.79. The quantitative estimate of drug-likeness (QED) is 0.868. The van der Waals surface area contributed by atoms with Gasteiger partial charge in [-0.3, -0.25) is 19.6 Å². The maximum atomic E-state index is 12.0. The topological polar surface area (TPSA) is 73.2 Å². The third-order valence-electron chi connectivity index (χ3n) is 3.73. The summed E-state index contributed by atoms with van der Waals surface area (Å²) < 4.78 is 7.24. The van der Waals surface area contributed by atoms with Crippen LogP contribution in [0.15, 0.2) is 18.2 Å². The SMILES string of the molecule is CCOc1ccc2c(C3CCC(=O)NC3=O)nn(C)c2c1. The summed E-state index contributed by atoms with van der Waals surface area (Å²) in [6.07, 6.45) is 0.857. The monoisotopic (exact) mass is 287 g/mol. The number of carbonyl (C=O) groups excluding carboxylic acids is 2. The number of nitrogens with zero attached hydrogens (tertiary/aromatic N) is 2. The van der Waals surface area contributed by atoms with Crippen LogP contribution in [0.4, 0.5) is 0 Å². The summed E-state index contributed by atoms with van der Waals surface area (Å²) in [7, 11) is 1.84. The molecule has 0 spiro atoms. The first-order chi connectivity index (χ1) is 10.1. The Morgan fingerprint density at radius 2 is 2.24 bits per heavy atom. The van der Waals surface area contributed by atoms with E-state index in [9.17, 15) is 9.59 Å². The molecule has 0 radical (unpaired) electrons. The molecule has 1 aliphatic heterocycles. The fourth-order valence-electron chi connectivity index (χ4n) is 2.73. The number of rotatable bonds is 3. The van der Waals surface area contributed by atoms with E-state index in [1.54, 1.807) is 4.68 Å². The van der Waals surface area contributed by atoms with E-state index < -0.39 is 0 Å². The minimum atomic E-state index is -0.371. The molecule has 21 heavy (non-hydrogen) atoms. The molecule has 2 aromatic rings. The largest absolute Gasteiger partial charge is 0.494 e. The van der Waals surface area contributed by atoms with Crippen molar-refractivity contribution in [1.29, 1.82) is 0 Å². The van der Waals surface area contributed by atoms with Crippen molar-refractivity contribution < 1.29 is 14.3 Å². The molecule has 2 amide bonds. The molecule has 1 saturated heterocycles. The normalized spacial score (nSPS) is 18.9. The number of imide groups is 1. The zero-order valence-corrected chi connectivity index (χ0v) is 12.0. The van der Waals surface area contributed by atoms with E-state index in [4.69, 9.17) is 4.74 Å². The van der Waals surface area contributed by atoms with Crippen LogP contribution in [0.2, 0.25) is 0 Å². The van der Waals surface area contributed by atoms with Gasteiger partial charge in [0.15, 0.2) is 0 Å². The van der Waals surface area contributed by atoms with Gasteiger partial charge in [-0.25, -0.2) is 0 Å². The van der Waals surface area contributed by atoms with Crippen molar-refractivity contribution in [3.05, 3.63) is 23.9 Å². The van der Waals surface area contributed by atoms with Gasteiger partial charge >= 0.3 is 0 Å². The number of benzene rings is 1. The predicted octanol–water partition coefficient (Wildman–Crippen LogP) is 1.49. The van der Waals surface area contributed by atoms with Crippen LogP contribution in [-0.2, 0) is 16.6 Å². The Morgan fingerprint density at radius 3 is 2.95 bits per heavy atom. The molecule has 1 aliphatic rings. The molecule has 3 rings (SSSR count). The molecule has 1 fully saturated rings. The van der Waals surface area contributed by atoms with Crippen LogP contribution >= 0.6 is 0 Å². The number of hydrogen-bond acceptors (Lipinski definition) is 4. The Balaban J connectivity index is 2.03. The average molecular weight is 287 g/mol. The van der Waals surface area contributed by atoms with Gasteiger partial charge in [-0.2, -0.15) is 5.10 Å². The van der Waals surface area contributed by atoms with E-state index in [2.05, 4.69) is 10.4 Å². The summed E-state index contributed by atoms with van der Waals surface area (Å²) in [4.78, 5) is 23.3. The zero-order chi connectivity index (χ0) is 15.0. The smallest absolute Gasteiger partial charge is 0.235 e. The maximum absolute atomic E-state index is 12.0. The van der Waals surface area contributed by atoms with Gasteiger partial charge in [0, 0.05) is 24.9 Å². The highest BCUT2D eigenvalue weighted by molar-refractivity contribution is 6.02. The van der Waals surface area contributed by atoms with Crippen molar-refractivity contribution in [2.45, 2.75) is 25.7 Å². The number of ether oxygens (including phenoxy) is 1. The number of aryl methyl sites for hydroxylation is 1. The van der Waals surface area contributed by atoms with Gasteiger partial charge < -0.3 is 4.74 Å². The lowest BCUT2D eigenvalue weighted by molar-refractivity contribution is -0.134. The summed E-state index contributed by atoms with van der Waals surface area (Å²) in [6, 6.07) is 5.72. The van der Waals surface area contributed by atoms with Crippen molar-refractivity contribution in [3.8, 4) is 5.75 Å². The molecule has 0 bridgehead atoms. The second kappa shape index (κ2) is 5.20. The number of carbonyl (C=O) groups is 2. The van der Waals surface area contributed by atoms with Gasteiger partial charge in [0.05, 0.1) is 23.7 Å². The van der Waals surface area contributed by atoms with Crippen LogP contribution in [-0.4, -0.2) is 28.2 Å². The molecule has 2 heterocycles. The maximum Gasteiger partial charge on any atom is 0.235 e. The molecular formula is C15H17N3O3. The van der Waals surface area contributed by atoms with Crippen LogP contribution in [0.3, 0.4) is 0 Å². The van der Waals surface area contributed by atoms with Crippen LogP contribution in [0.25, 0.3) is 10.9 Å². The number of aromatic nitrogens is 2. The third-order valence-corrected chi connectivity index (χ3v) is 3.73. The van der Waals surface area contributed by atoms with E-state index in [-0.39, 0.29) is 17.7 Å². The Bertz CT molecular complexity index is 720. The lowest BCUT2D eigenvalue weighted by Crippen LogP contribution is -2.39. The first-order valence-corrected chi connectivity index (χ1v) is 7.03. The fraction of sp³-hybridized carbons (Fsp3) is 0.400. The summed E-state index contributed by atoms with van der Waals surface area (Å²) in [5.41, 5.74) is 1.64. The minimum absolute atomic E-state index is 0.213. The lowest BCUT2D eigenvalue weighted by Gasteiger charge is -2.19. The standard InChI is InChI=1S/C15H17N3O3/c1-3-21-9-4-5-10-12(8-9)18(2)17-14(10)11-6-7-13(19)16-15(11)20/h4-5,8,11H,3,6-7H2,1-2H3,(H,16,19,20). The second-order valence-electron chi connectivity index (χ2n) is 5.12. The van der Waals surface area contributed by atoms with E-state index >= 15 is 0 Å².